The summed E-state index contributed by atoms with van der Waals surface area (Å²) in [5.41, 5.74) is 2.12. The molecule has 5 rings (SSSR count). The third-order valence-corrected chi connectivity index (χ3v) is 5.88. The van der Waals surface area contributed by atoms with Crippen LogP contribution >= 0.6 is 24.4 Å². The number of hydrogen-bond donors (Lipinski definition) is 0. The van der Waals surface area contributed by atoms with Gasteiger partial charge in [-0.3, -0.25) is 9.56 Å². The second-order valence-electron chi connectivity index (χ2n) is 7.49. The molecule has 34 heavy (non-hydrogen) atoms. The molecule has 8 heteroatoms. The topological polar surface area (TPSA) is 61.4 Å². The average Bonchev–Trinajstić information content (AvgIpc) is 3.59. The van der Waals surface area contributed by atoms with E-state index >= 15 is 0 Å². The first-order valence-corrected chi connectivity index (χ1v) is 11.5. The Bertz CT molecular complexity index is 1520. The summed E-state index contributed by atoms with van der Waals surface area (Å²) in [5.74, 6) is 2.20. The van der Waals surface area contributed by atoms with Gasteiger partial charge in [-0.1, -0.05) is 60.7 Å². The van der Waals surface area contributed by atoms with Crippen LogP contribution in [0.1, 0.15) is 16.9 Å². The maximum absolute atomic E-state index is 5.98. The molecule has 6 nitrogen and oxygen atoms in total. The van der Waals surface area contributed by atoms with E-state index in [1.165, 1.54) is 0 Å². The van der Waals surface area contributed by atoms with Crippen LogP contribution in [0.5, 0.6) is 0 Å². The Morgan fingerprint density at radius 2 is 1.47 bits per heavy atom. The Kier molecular flexibility index (Phi) is 6.42. The highest BCUT2D eigenvalue weighted by molar-refractivity contribution is 7.72. The summed E-state index contributed by atoms with van der Waals surface area (Å²) < 4.78 is 15.7. The van der Waals surface area contributed by atoms with E-state index in [0.717, 1.165) is 11.1 Å². The van der Waals surface area contributed by atoms with Gasteiger partial charge in [-0.05, 0) is 59.8 Å². The highest BCUT2D eigenvalue weighted by atomic mass is 32.1. The van der Waals surface area contributed by atoms with Crippen molar-refractivity contribution in [3.63, 3.8) is 0 Å². The summed E-state index contributed by atoms with van der Waals surface area (Å²) >= 11 is 11.7. The summed E-state index contributed by atoms with van der Waals surface area (Å²) in [6.45, 7) is 0.925. The fraction of sp³-hybridized carbons (Fsp3) is 0.0769. The highest BCUT2D eigenvalue weighted by Gasteiger charge is 2.19. The van der Waals surface area contributed by atoms with Crippen molar-refractivity contribution in [2.75, 3.05) is 0 Å². The van der Waals surface area contributed by atoms with Crippen molar-refractivity contribution >= 4 is 30.3 Å². The average molecular weight is 485 g/mol. The zero-order valence-electron chi connectivity index (χ0n) is 18.1. The second-order valence-corrected chi connectivity index (χ2v) is 8.22. The predicted octanol–water partition coefficient (Wildman–Crippen LogP) is 6.54. The minimum atomic E-state index is 0.268. The smallest absolute Gasteiger partial charge is 0.209 e. The second kappa shape index (κ2) is 9.94. The van der Waals surface area contributed by atoms with E-state index in [1.54, 1.807) is 17.1 Å². The molecule has 0 bridgehead atoms. The minimum absolute atomic E-state index is 0.268. The van der Waals surface area contributed by atoms with Crippen molar-refractivity contribution in [3.8, 4) is 11.6 Å². The van der Waals surface area contributed by atoms with Gasteiger partial charge in [-0.2, -0.15) is 4.98 Å². The standard InChI is InChI=1S/C26H20N4O2S2/c33-25-28-24(22-14-8-16-32-22)29(18-20-11-5-2-6-12-20)26(34)30(25)23(21-13-7-15-31-21)27-17-19-9-3-1-4-10-19/h1-16H,17-18H2. The van der Waals surface area contributed by atoms with E-state index in [0.29, 0.717) is 41.0 Å². The van der Waals surface area contributed by atoms with E-state index in [2.05, 4.69) is 0 Å². The molecule has 0 atom stereocenters. The molecule has 5 aromatic rings. The Morgan fingerprint density at radius 3 is 2.12 bits per heavy atom. The quantitative estimate of drug-likeness (QED) is 0.156. The van der Waals surface area contributed by atoms with Crippen LogP contribution < -0.4 is 0 Å². The van der Waals surface area contributed by atoms with Crippen molar-refractivity contribution in [3.05, 3.63) is 124 Å². The lowest BCUT2D eigenvalue weighted by Gasteiger charge is -2.17. The van der Waals surface area contributed by atoms with Crippen LogP contribution in [-0.4, -0.2) is 20.0 Å². The SMILES string of the molecule is S=c1nc(-c2ccco2)n(Cc2ccccc2)c(=S)n1C(=NCc1ccccc1)c1ccco1. The van der Waals surface area contributed by atoms with Gasteiger partial charge in [0.05, 0.1) is 25.6 Å². The van der Waals surface area contributed by atoms with Gasteiger partial charge in [0.1, 0.15) is 0 Å². The van der Waals surface area contributed by atoms with Gasteiger partial charge in [0.2, 0.25) is 4.77 Å². The van der Waals surface area contributed by atoms with Crippen LogP contribution in [0.15, 0.2) is 111 Å². The number of furan rings is 2. The first kappa shape index (κ1) is 21.9. The molecule has 0 unspecified atom stereocenters. The zero-order chi connectivity index (χ0) is 23.3. The molecule has 0 fully saturated rings. The van der Waals surface area contributed by atoms with Gasteiger partial charge < -0.3 is 8.83 Å². The van der Waals surface area contributed by atoms with E-state index in [1.807, 2.05) is 89.5 Å². The van der Waals surface area contributed by atoms with Gasteiger partial charge in [-0.25, -0.2) is 4.57 Å². The molecule has 168 valence electrons. The number of nitrogens with zero attached hydrogens (tertiary/aromatic N) is 4. The fourth-order valence-electron chi connectivity index (χ4n) is 3.59. The maximum Gasteiger partial charge on any atom is 0.209 e. The van der Waals surface area contributed by atoms with Gasteiger partial charge in [0.15, 0.2) is 28.0 Å². The zero-order valence-corrected chi connectivity index (χ0v) is 19.7. The van der Waals surface area contributed by atoms with Crippen molar-refractivity contribution in [2.24, 2.45) is 4.99 Å². The summed E-state index contributed by atoms with van der Waals surface area (Å²) in [6, 6.07) is 27.3. The van der Waals surface area contributed by atoms with Crippen LogP contribution in [0.25, 0.3) is 11.6 Å². The molecule has 3 aromatic heterocycles. The number of benzene rings is 2. The number of aromatic nitrogens is 3. The molecule has 0 aliphatic rings. The maximum atomic E-state index is 5.98. The number of hydrogen-bond acceptors (Lipinski definition) is 6. The van der Waals surface area contributed by atoms with E-state index in [4.69, 9.17) is 43.2 Å². The Hall–Kier alpha value is -3.88. The Balaban J connectivity index is 1.70. The van der Waals surface area contributed by atoms with Crippen LogP contribution in [0.4, 0.5) is 0 Å². The Labute approximate surface area is 206 Å². The number of rotatable bonds is 6. The monoisotopic (exact) mass is 484 g/mol. The molecule has 0 aliphatic carbocycles. The third kappa shape index (κ3) is 4.59. The summed E-state index contributed by atoms with van der Waals surface area (Å²) in [5, 5.41) is 0. The lowest BCUT2D eigenvalue weighted by molar-refractivity contribution is 0.549. The summed E-state index contributed by atoms with van der Waals surface area (Å²) in [6.07, 6.45) is 3.20. The van der Waals surface area contributed by atoms with Crippen LogP contribution in [0.3, 0.4) is 0 Å². The summed E-state index contributed by atoms with van der Waals surface area (Å²) in [7, 11) is 0. The van der Waals surface area contributed by atoms with Gasteiger partial charge in [-0.15, -0.1) is 0 Å². The molecule has 2 aromatic carbocycles. The number of aliphatic imine (C=N–C) groups is 1. The molecule has 0 saturated heterocycles. The largest absolute Gasteiger partial charge is 0.461 e. The van der Waals surface area contributed by atoms with Crippen molar-refractivity contribution in [1.82, 2.24) is 14.1 Å². The molecule has 0 amide bonds. The molecule has 0 radical (unpaired) electrons. The first-order chi connectivity index (χ1) is 16.7. The van der Waals surface area contributed by atoms with Gasteiger partial charge in [0.25, 0.3) is 0 Å². The normalized spacial score (nSPS) is 11.6. The van der Waals surface area contributed by atoms with Crippen molar-refractivity contribution < 1.29 is 8.83 Å². The first-order valence-electron chi connectivity index (χ1n) is 10.6. The molecular formula is C26H20N4O2S2. The molecule has 0 N–H and O–H groups in total. The lowest BCUT2D eigenvalue weighted by Crippen LogP contribution is -2.23. The lowest BCUT2D eigenvalue weighted by atomic mass is 10.2. The van der Waals surface area contributed by atoms with E-state index in [9.17, 15) is 0 Å². The highest BCUT2D eigenvalue weighted by Crippen LogP contribution is 2.21. The van der Waals surface area contributed by atoms with E-state index < -0.39 is 0 Å². The molecule has 0 aliphatic heterocycles. The van der Waals surface area contributed by atoms with Crippen molar-refractivity contribution in [1.29, 1.82) is 0 Å². The predicted molar refractivity (Wildman–Crippen MR) is 136 cm³/mol. The van der Waals surface area contributed by atoms with Crippen LogP contribution in [0, 0.1) is 9.54 Å². The fourth-order valence-corrected chi connectivity index (χ4v) is 4.23. The van der Waals surface area contributed by atoms with Gasteiger partial charge in [0, 0.05) is 0 Å². The van der Waals surface area contributed by atoms with Crippen LogP contribution in [0.2, 0.25) is 0 Å². The molecule has 3 heterocycles. The van der Waals surface area contributed by atoms with Crippen molar-refractivity contribution in [2.45, 2.75) is 13.1 Å². The van der Waals surface area contributed by atoms with E-state index in [-0.39, 0.29) is 4.77 Å². The molecule has 0 spiro atoms. The summed E-state index contributed by atoms with van der Waals surface area (Å²) in [4.78, 5) is 9.56. The Morgan fingerprint density at radius 1 is 0.794 bits per heavy atom. The minimum Gasteiger partial charge on any atom is -0.461 e. The molecular weight excluding hydrogens is 464 g/mol. The van der Waals surface area contributed by atoms with Crippen LogP contribution in [-0.2, 0) is 13.1 Å². The third-order valence-electron chi connectivity index (χ3n) is 5.20. The van der Waals surface area contributed by atoms with Gasteiger partial charge >= 0.3 is 0 Å². The molecule has 0 saturated carbocycles.